The molecule has 3 N–H and O–H groups in total. The summed E-state index contributed by atoms with van der Waals surface area (Å²) in [5.41, 5.74) is 1.28. The number of unbranched alkanes of at least 4 members (excludes halogenated alkanes) is 1. The van der Waals surface area contributed by atoms with Gasteiger partial charge in [0.05, 0.1) is 11.9 Å². The van der Waals surface area contributed by atoms with Crippen LogP contribution in [-0.4, -0.2) is 33.2 Å². The summed E-state index contributed by atoms with van der Waals surface area (Å²) < 4.78 is 0. The number of rotatable bonds is 5. The monoisotopic (exact) mass is 320 g/mol. The van der Waals surface area contributed by atoms with Gasteiger partial charge in [-0.05, 0) is 30.9 Å². The van der Waals surface area contributed by atoms with Crippen molar-refractivity contribution in [1.82, 2.24) is 0 Å². The first-order chi connectivity index (χ1) is 10.9. The largest absolute Gasteiger partial charge is 0.512 e. The van der Waals surface area contributed by atoms with Gasteiger partial charge in [-0.25, -0.2) is 0 Å². The molecule has 1 aliphatic rings. The van der Waals surface area contributed by atoms with Crippen LogP contribution in [0, 0.1) is 5.92 Å². The van der Waals surface area contributed by atoms with Gasteiger partial charge in [-0.2, -0.15) is 0 Å². The highest BCUT2D eigenvalue weighted by molar-refractivity contribution is 5.82. The zero-order chi connectivity index (χ0) is 17.2. The van der Waals surface area contributed by atoms with E-state index in [2.05, 4.69) is 12.1 Å². The maximum atomic E-state index is 11.2. The number of hydrogen-bond donors (Lipinski definition) is 3. The van der Waals surface area contributed by atoms with Gasteiger partial charge in [0.15, 0.2) is 0 Å². The molecule has 23 heavy (non-hydrogen) atoms. The van der Waals surface area contributed by atoms with Crippen LogP contribution in [0.25, 0.3) is 0 Å². The molecule has 0 aliphatic heterocycles. The van der Waals surface area contributed by atoms with Crippen molar-refractivity contribution >= 4 is 11.8 Å². The molecule has 0 saturated heterocycles. The van der Waals surface area contributed by atoms with Crippen LogP contribution in [-0.2, 0) is 16.0 Å². The number of carboxylic acid groups (broad SMARTS) is 1. The predicted octanol–water partition coefficient (Wildman–Crippen LogP) is 2.88. The average molecular weight is 320 g/mol. The molecule has 1 saturated carbocycles. The van der Waals surface area contributed by atoms with E-state index in [0.29, 0.717) is 0 Å². The molecule has 1 aliphatic carbocycles. The van der Waals surface area contributed by atoms with Crippen LogP contribution in [0.5, 0.6) is 0 Å². The fourth-order valence-corrected chi connectivity index (χ4v) is 2.49. The maximum Gasteiger partial charge on any atom is 0.300 e. The minimum atomic E-state index is -0.833. The molecule has 5 heteroatoms. The first-order valence-corrected chi connectivity index (χ1v) is 7.72. The summed E-state index contributed by atoms with van der Waals surface area (Å²) in [5.74, 6) is -1.02. The van der Waals surface area contributed by atoms with E-state index in [4.69, 9.17) is 9.90 Å². The molecular weight excluding hydrogens is 296 g/mol. The van der Waals surface area contributed by atoms with E-state index < -0.39 is 12.1 Å². The Morgan fingerprint density at radius 3 is 2.35 bits per heavy atom. The normalized spacial score (nSPS) is 20.8. The Morgan fingerprint density at radius 1 is 1.22 bits per heavy atom. The molecule has 0 aromatic heterocycles. The van der Waals surface area contributed by atoms with E-state index >= 15 is 0 Å². The topological polar surface area (TPSA) is 94.8 Å². The van der Waals surface area contributed by atoms with Crippen LogP contribution in [0.3, 0.4) is 0 Å². The van der Waals surface area contributed by atoms with Crippen LogP contribution in [0.2, 0.25) is 0 Å². The SMILES string of the molecule is CC(=O)O.O=C1CC(O)C(C(O)=CCCCc2ccccc2)C1. The first-order valence-electron chi connectivity index (χ1n) is 7.72. The number of carbonyl (C=O) groups is 2. The number of carboxylic acids is 1. The lowest BCUT2D eigenvalue weighted by atomic mass is 10.0. The zero-order valence-corrected chi connectivity index (χ0v) is 13.3. The third-order valence-electron chi connectivity index (χ3n) is 3.59. The number of aliphatic hydroxyl groups is 2. The molecular formula is C18H24O5. The molecule has 0 amide bonds. The van der Waals surface area contributed by atoms with Gasteiger partial charge in [-0.1, -0.05) is 30.3 Å². The van der Waals surface area contributed by atoms with Crippen molar-refractivity contribution in [2.24, 2.45) is 5.92 Å². The predicted molar refractivity (Wildman–Crippen MR) is 87.1 cm³/mol. The molecule has 0 radical (unpaired) electrons. The second kappa shape index (κ2) is 9.79. The minimum Gasteiger partial charge on any atom is -0.512 e. The summed E-state index contributed by atoms with van der Waals surface area (Å²) in [5, 5.41) is 26.9. The quantitative estimate of drug-likeness (QED) is 0.573. The number of carbonyl (C=O) groups excluding carboxylic acids is 1. The lowest BCUT2D eigenvalue weighted by molar-refractivity contribution is -0.134. The van der Waals surface area contributed by atoms with Gasteiger partial charge in [-0.15, -0.1) is 0 Å². The Kier molecular flexibility index (Phi) is 8.05. The highest BCUT2D eigenvalue weighted by Gasteiger charge is 2.33. The van der Waals surface area contributed by atoms with E-state index in [-0.39, 0.29) is 30.3 Å². The Morgan fingerprint density at radius 2 is 1.83 bits per heavy atom. The Hall–Kier alpha value is -2.14. The average Bonchev–Trinajstić information content (AvgIpc) is 2.83. The summed E-state index contributed by atoms with van der Waals surface area (Å²) in [6, 6.07) is 10.2. The van der Waals surface area contributed by atoms with E-state index in [1.807, 2.05) is 18.2 Å². The van der Waals surface area contributed by atoms with Gasteiger partial charge in [-0.3, -0.25) is 9.59 Å². The third-order valence-corrected chi connectivity index (χ3v) is 3.59. The molecule has 0 spiro atoms. The molecule has 1 aromatic rings. The van der Waals surface area contributed by atoms with Crippen LogP contribution in [0.4, 0.5) is 0 Å². The smallest absolute Gasteiger partial charge is 0.300 e. The molecule has 0 heterocycles. The number of allylic oxidation sites excluding steroid dienone is 1. The van der Waals surface area contributed by atoms with Crippen LogP contribution in [0.15, 0.2) is 42.2 Å². The molecule has 5 nitrogen and oxygen atoms in total. The van der Waals surface area contributed by atoms with Gasteiger partial charge in [0.1, 0.15) is 5.78 Å². The molecule has 2 atom stereocenters. The molecule has 126 valence electrons. The van der Waals surface area contributed by atoms with Gasteiger partial charge < -0.3 is 15.3 Å². The molecule has 2 rings (SSSR count). The third kappa shape index (κ3) is 7.61. The summed E-state index contributed by atoms with van der Waals surface area (Å²) in [7, 11) is 0. The highest BCUT2D eigenvalue weighted by Crippen LogP contribution is 2.28. The fraction of sp³-hybridized carbons (Fsp3) is 0.444. The zero-order valence-electron chi connectivity index (χ0n) is 13.3. The number of hydrogen-bond acceptors (Lipinski definition) is 4. The number of benzene rings is 1. The number of Topliss-reactive ketones (excluding diaryl/α,β-unsaturated/α-hetero) is 1. The minimum absolute atomic E-state index is 0.0294. The number of aryl methyl sites for hydroxylation is 1. The Bertz CT molecular complexity index is 532. The molecule has 0 bridgehead atoms. The summed E-state index contributed by atoms with van der Waals surface area (Å²) in [6.07, 6.45) is 4.15. The van der Waals surface area contributed by atoms with E-state index in [0.717, 1.165) is 26.2 Å². The van der Waals surface area contributed by atoms with Crippen molar-refractivity contribution < 1.29 is 24.9 Å². The van der Waals surface area contributed by atoms with Gasteiger partial charge in [0, 0.05) is 25.7 Å². The summed E-state index contributed by atoms with van der Waals surface area (Å²) in [6.45, 7) is 1.08. The Labute approximate surface area is 136 Å². The second-order valence-electron chi connectivity index (χ2n) is 5.65. The first kappa shape index (κ1) is 18.9. The van der Waals surface area contributed by atoms with Crippen LogP contribution in [0.1, 0.15) is 38.2 Å². The van der Waals surface area contributed by atoms with E-state index in [1.54, 1.807) is 6.08 Å². The van der Waals surface area contributed by atoms with Crippen molar-refractivity contribution in [3.8, 4) is 0 Å². The standard InChI is InChI=1S/C16H20O3.C2H4O2/c17-13-10-14(16(19)11-13)15(18)9-5-4-8-12-6-2-1-3-7-12;1-2(3)4/h1-3,6-7,9,14,16,18-19H,4-5,8,10-11H2;1H3,(H,3,4). The van der Waals surface area contributed by atoms with Crippen LogP contribution >= 0.6 is 0 Å². The van der Waals surface area contributed by atoms with Crippen molar-refractivity contribution in [1.29, 1.82) is 0 Å². The number of aliphatic hydroxyl groups excluding tert-OH is 2. The van der Waals surface area contributed by atoms with Crippen molar-refractivity contribution in [2.75, 3.05) is 0 Å². The summed E-state index contributed by atoms with van der Waals surface area (Å²) >= 11 is 0. The van der Waals surface area contributed by atoms with Gasteiger partial charge in [0.25, 0.3) is 5.97 Å². The number of aliphatic carboxylic acids is 1. The van der Waals surface area contributed by atoms with Crippen molar-refractivity contribution in [2.45, 2.75) is 45.1 Å². The molecule has 1 aromatic carbocycles. The van der Waals surface area contributed by atoms with Crippen molar-refractivity contribution in [3.05, 3.63) is 47.7 Å². The highest BCUT2D eigenvalue weighted by atomic mass is 16.4. The lowest BCUT2D eigenvalue weighted by Crippen LogP contribution is -2.15. The van der Waals surface area contributed by atoms with Crippen molar-refractivity contribution in [3.63, 3.8) is 0 Å². The Balaban J connectivity index is 0.000000593. The van der Waals surface area contributed by atoms with Crippen LogP contribution < -0.4 is 0 Å². The van der Waals surface area contributed by atoms with Gasteiger partial charge >= 0.3 is 0 Å². The second-order valence-corrected chi connectivity index (χ2v) is 5.65. The van der Waals surface area contributed by atoms with E-state index in [9.17, 15) is 15.0 Å². The summed E-state index contributed by atoms with van der Waals surface area (Å²) in [4.78, 5) is 20.2. The van der Waals surface area contributed by atoms with Gasteiger partial charge in [0.2, 0.25) is 0 Å². The fourth-order valence-electron chi connectivity index (χ4n) is 2.49. The lowest BCUT2D eigenvalue weighted by Gasteiger charge is -2.12. The number of ketones is 1. The maximum absolute atomic E-state index is 11.2. The molecule has 2 unspecified atom stereocenters. The van der Waals surface area contributed by atoms with E-state index in [1.165, 1.54) is 5.56 Å². The molecule has 1 fully saturated rings.